The number of unbranched alkanes of at least 4 members (excludes halogenated alkanes) is 1. The van der Waals surface area contributed by atoms with Crippen LogP contribution in [0.25, 0.3) is 0 Å². The van der Waals surface area contributed by atoms with Crippen molar-refractivity contribution in [2.45, 2.75) is 33.2 Å². The molecule has 0 spiro atoms. The molecule has 1 rings (SSSR count). The normalized spacial score (nSPS) is 11.7. The summed E-state index contributed by atoms with van der Waals surface area (Å²) >= 11 is 0. The molecule has 2 N–H and O–H groups in total. The Kier molecular flexibility index (Phi) is 12.0. The van der Waals surface area contributed by atoms with Crippen LogP contribution in [-0.4, -0.2) is 56.6 Å². The van der Waals surface area contributed by atoms with Crippen LogP contribution in [0.3, 0.4) is 0 Å². The number of rotatable bonds is 13. The molecule has 0 amide bonds. The summed E-state index contributed by atoms with van der Waals surface area (Å²) in [5.41, 5.74) is 0. The smallest absolute Gasteiger partial charge is 0.191 e. The lowest BCUT2D eigenvalue weighted by Gasteiger charge is -2.11. The quantitative estimate of drug-likeness (QED) is 0.330. The number of guanidine groups is 1. The highest BCUT2D eigenvalue weighted by Crippen LogP contribution is 1.89. The molecule has 0 saturated heterocycles. The summed E-state index contributed by atoms with van der Waals surface area (Å²) in [4.78, 5) is 4.50. The summed E-state index contributed by atoms with van der Waals surface area (Å²) in [6, 6.07) is 4.06. The maximum atomic E-state index is 5.51. The van der Waals surface area contributed by atoms with Crippen LogP contribution in [0.1, 0.15) is 26.7 Å². The van der Waals surface area contributed by atoms with Crippen molar-refractivity contribution in [1.29, 1.82) is 0 Å². The van der Waals surface area contributed by atoms with Crippen molar-refractivity contribution < 1.29 is 9.47 Å². The minimum absolute atomic E-state index is 0.616. The lowest BCUT2D eigenvalue weighted by Crippen LogP contribution is -2.39. The van der Waals surface area contributed by atoms with Crippen molar-refractivity contribution in [1.82, 2.24) is 15.2 Å². The van der Waals surface area contributed by atoms with Crippen molar-refractivity contribution >= 4 is 5.96 Å². The van der Waals surface area contributed by atoms with E-state index in [2.05, 4.69) is 46.4 Å². The molecule has 0 saturated carbocycles. The highest BCUT2D eigenvalue weighted by atomic mass is 16.5. The molecule has 1 heterocycles. The van der Waals surface area contributed by atoms with Gasteiger partial charge < -0.3 is 24.7 Å². The molecule has 0 aromatic carbocycles. The van der Waals surface area contributed by atoms with Gasteiger partial charge in [-0.3, -0.25) is 4.99 Å². The second kappa shape index (κ2) is 14.1. The summed E-state index contributed by atoms with van der Waals surface area (Å²) < 4.78 is 13.1. The molecule has 0 fully saturated rings. The molecule has 0 aliphatic carbocycles. The molecular formula is C17H32N4O2. The number of hydrogen-bond donors (Lipinski definition) is 2. The van der Waals surface area contributed by atoms with E-state index in [1.807, 2.05) is 12.1 Å². The van der Waals surface area contributed by atoms with Gasteiger partial charge in [-0.05, 0) is 25.5 Å². The number of aliphatic imine (C=N–C) groups is 1. The second-order valence-electron chi connectivity index (χ2n) is 5.19. The van der Waals surface area contributed by atoms with Gasteiger partial charge in [-0.25, -0.2) is 0 Å². The van der Waals surface area contributed by atoms with Gasteiger partial charge in [0.25, 0.3) is 0 Å². The van der Waals surface area contributed by atoms with Gasteiger partial charge in [0.05, 0.1) is 26.4 Å². The fraction of sp³-hybridized carbons (Fsp3) is 0.706. The Morgan fingerprint density at radius 3 is 2.43 bits per heavy atom. The number of ether oxygens (including phenoxy) is 2. The zero-order valence-corrected chi connectivity index (χ0v) is 14.6. The van der Waals surface area contributed by atoms with E-state index in [0.29, 0.717) is 26.4 Å². The first-order chi connectivity index (χ1) is 11.4. The molecule has 1 aromatic rings. The molecule has 0 bridgehead atoms. The van der Waals surface area contributed by atoms with E-state index in [1.54, 1.807) is 0 Å². The van der Waals surface area contributed by atoms with Crippen molar-refractivity contribution in [2.24, 2.45) is 4.99 Å². The fourth-order valence-electron chi connectivity index (χ4n) is 1.95. The van der Waals surface area contributed by atoms with Crippen LogP contribution in [0.5, 0.6) is 0 Å². The van der Waals surface area contributed by atoms with E-state index in [0.717, 1.165) is 38.6 Å². The molecule has 0 radical (unpaired) electrons. The highest BCUT2D eigenvalue weighted by Gasteiger charge is 1.97. The number of nitrogens with zero attached hydrogens (tertiary/aromatic N) is 2. The molecule has 132 valence electrons. The monoisotopic (exact) mass is 324 g/mol. The SMILES string of the molecule is CCCCOCCOCCN=C(NCC)NCCn1cccc1. The summed E-state index contributed by atoms with van der Waals surface area (Å²) in [5, 5.41) is 6.56. The van der Waals surface area contributed by atoms with Crippen LogP contribution in [-0.2, 0) is 16.0 Å². The Morgan fingerprint density at radius 2 is 1.74 bits per heavy atom. The number of aromatic nitrogens is 1. The third-order valence-electron chi connectivity index (χ3n) is 3.19. The van der Waals surface area contributed by atoms with Gasteiger partial charge >= 0.3 is 0 Å². The van der Waals surface area contributed by atoms with Gasteiger partial charge in [0.1, 0.15) is 0 Å². The predicted molar refractivity (Wildman–Crippen MR) is 95.0 cm³/mol. The van der Waals surface area contributed by atoms with Gasteiger partial charge in [-0.15, -0.1) is 0 Å². The van der Waals surface area contributed by atoms with E-state index in [1.165, 1.54) is 6.42 Å². The lowest BCUT2D eigenvalue weighted by atomic mass is 10.4. The molecule has 1 aromatic heterocycles. The van der Waals surface area contributed by atoms with E-state index in [9.17, 15) is 0 Å². The first-order valence-electron chi connectivity index (χ1n) is 8.65. The van der Waals surface area contributed by atoms with Crippen LogP contribution >= 0.6 is 0 Å². The topological polar surface area (TPSA) is 59.8 Å². The van der Waals surface area contributed by atoms with Gasteiger partial charge in [0.15, 0.2) is 5.96 Å². The molecule has 0 unspecified atom stereocenters. The molecule has 0 aliphatic rings. The Labute approximate surface area is 140 Å². The Balaban J connectivity index is 2.06. The molecular weight excluding hydrogens is 292 g/mol. The van der Waals surface area contributed by atoms with Crippen LogP contribution in [0, 0.1) is 0 Å². The third kappa shape index (κ3) is 10.8. The largest absolute Gasteiger partial charge is 0.379 e. The van der Waals surface area contributed by atoms with Crippen molar-refractivity contribution in [3.05, 3.63) is 24.5 Å². The fourth-order valence-corrected chi connectivity index (χ4v) is 1.95. The third-order valence-corrected chi connectivity index (χ3v) is 3.19. The lowest BCUT2D eigenvalue weighted by molar-refractivity contribution is 0.0497. The standard InChI is InChI=1S/C17H32N4O2/c1-3-5-13-22-15-16-23-14-9-20-17(18-4-2)19-8-12-21-10-6-7-11-21/h6-7,10-11H,3-5,8-9,12-16H2,1-2H3,(H2,18,19,20). The van der Waals surface area contributed by atoms with Crippen molar-refractivity contribution in [3.63, 3.8) is 0 Å². The van der Waals surface area contributed by atoms with Crippen molar-refractivity contribution in [3.8, 4) is 0 Å². The van der Waals surface area contributed by atoms with Gasteiger partial charge in [-0.2, -0.15) is 0 Å². The van der Waals surface area contributed by atoms with Crippen LogP contribution in [0.15, 0.2) is 29.5 Å². The van der Waals surface area contributed by atoms with Crippen LogP contribution < -0.4 is 10.6 Å². The highest BCUT2D eigenvalue weighted by molar-refractivity contribution is 5.79. The minimum Gasteiger partial charge on any atom is -0.379 e. The van der Waals surface area contributed by atoms with Gasteiger partial charge in [0.2, 0.25) is 0 Å². The van der Waals surface area contributed by atoms with Gasteiger partial charge in [-0.1, -0.05) is 13.3 Å². The second-order valence-corrected chi connectivity index (χ2v) is 5.19. The molecule has 23 heavy (non-hydrogen) atoms. The maximum Gasteiger partial charge on any atom is 0.191 e. The molecule has 0 atom stereocenters. The first-order valence-corrected chi connectivity index (χ1v) is 8.65. The van der Waals surface area contributed by atoms with Crippen molar-refractivity contribution in [2.75, 3.05) is 46.1 Å². The maximum absolute atomic E-state index is 5.51. The Morgan fingerprint density at radius 1 is 1.00 bits per heavy atom. The Hall–Kier alpha value is -1.53. The number of nitrogens with one attached hydrogen (secondary N) is 2. The van der Waals surface area contributed by atoms with Crippen LogP contribution in [0.2, 0.25) is 0 Å². The summed E-state index contributed by atoms with van der Waals surface area (Å²) in [6.07, 6.45) is 6.40. The van der Waals surface area contributed by atoms with E-state index in [4.69, 9.17) is 9.47 Å². The molecule has 6 nitrogen and oxygen atoms in total. The first kappa shape index (κ1) is 19.5. The average Bonchev–Trinajstić information content (AvgIpc) is 3.06. The minimum atomic E-state index is 0.616. The predicted octanol–water partition coefficient (Wildman–Crippen LogP) is 1.88. The molecule has 0 aliphatic heterocycles. The van der Waals surface area contributed by atoms with E-state index in [-0.39, 0.29) is 0 Å². The zero-order chi connectivity index (χ0) is 16.6. The Bertz CT molecular complexity index is 393. The number of hydrogen-bond acceptors (Lipinski definition) is 3. The summed E-state index contributed by atoms with van der Waals surface area (Å²) in [6.45, 7) is 10.2. The average molecular weight is 324 g/mol. The van der Waals surface area contributed by atoms with E-state index >= 15 is 0 Å². The molecule has 6 heteroatoms. The van der Waals surface area contributed by atoms with Crippen LogP contribution in [0.4, 0.5) is 0 Å². The summed E-state index contributed by atoms with van der Waals surface area (Å²) in [5.74, 6) is 0.836. The summed E-state index contributed by atoms with van der Waals surface area (Å²) in [7, 11) is 0. The zero-order valence-electron chi connectivity index (χ0n) is 14.6. The van der Waals surface area contributed by atoms with E-state index < -0.39 is 0 Å². The van der Waals surface area contributed by atoms with Gasteiger partial charge in [0, 0.05) is 38.6 Å².